The van der Waals surface area contributed by atoms with Crippen molar-refractivity contribution >= 4 is 27.6 Å². The third-order valence-electron chi connectivity index (χ3n) is 4.22. The Balaban J connectivity index is 1.98. The number of hydrazine groups is 1. The Kier molecular flexibility index (Phi) is 6.89. The Morgan fingerprint density at radius 1 is 0.931 bits per heavy atom. The number of nitrogens with one attached hydrogen (secondary N) is 3. The van der Waals surface area contributed by atoms with E-state index < -0.39 is 27.9 Å². The molecule has 2 amide bonds. The summed E-state index contributed by atoms with van der Waals surface area (Å²) in [6.07, 6.45) is 0. The number of carbonyl (C=O) groups excluding carboxylic acids is 3. The quantitative estimate of drug-likeness (QED) is 0.487. The number of rotatable bonds is 6. The number of carbonyl (C=O) groups is 3. The van der Waals surface area contributed by atoms with Crippen LogP contribution in [0.4, 0.5) is 0 Å². The highest BCUT2D eigenvalue weighted by atomic mass is 32.2. The van der Waals surface area contributed by atoms with E-state index in [1.807, 2.05) is 13.0 Å². The van der Waals surface area contributed by atoms with Crippen LogP contribution in [0.3, 0.4) is 0 Å². The average molecular weight is 417 g/mol. The van der Waals surface area contributed by atoms with Gasteiger partial charge in [-0.1, -0.05) is 29.8 Å². The second-order valence-corrected chi connectivity index (χ2v) is 8.40. The van der Waals surface area contributed by atoms with E-state index >= 15 is 0 Å². The molecule has 0 unspecified atom stereocenters. The monoisotopic (exact) mass is 417 g/mol. The summed E-state index contributed by atoms with van der Waals surface area (Å²) in [5.74, 6) is -1.42. The van der Waals surface area contributed by atoms with Crippen LogP contribution in [0.25, 0.3) is 0 Å². The average Bonchev–Trinajstić information content (AvgIpc) is 2.65. The Morgan fingerprint density at radius 3 is 2.10 bits per heavy atom. The Labute approximate surface area is 169 Å². The largest absolute Gasteiger partial charge is 0.295 e. The van der Waals surface area contributed by atoms with Crippen molar-refractivity contribution in [1.29, 1.82) is 0 Å². The predicted octanol–water partition coefficient (Wildman–Crippen LogP) is 1.63. The maximum atomic E-state index is 12.4. The summed E-state index contributed by atoms with van der Waals surface area (Å²) in [5.41, 5.74) is 7.01. The fraction of sp³-hybridized carbons (Fsp3) is 0.250. The van der Waals surface area contributed by atoms with E-state index in [1.165, 1.54) is 38.1 Å². The van der Waals surface area contributed by atoms with Crippen molar-refractivity contribution in [3.8, 4) is 0 Å². The number of hydrogen-bond donors (Lipinski definition) is 3. The molecule has 0 aromatic heterocycles. The number of aryl methyl sites for hydroxylation is 2. The zero-order valence-corrected chi connectivity index (χ0v) is 17.4. The number of hydrogen-bond acceptors (Lipinski definition) is 5. The van der Waals surface area contributed by atoms with Gasteiger partial charge in [0.05, 0.1) is 10.9 Å². The smallest absolute Gasteiger partial charge is 0.269 e. The first-order chi connectivity index (χ1) is 13.5. The highest BCUT2D eigenvalue weighted by Gasteiger charge is 2.22. The van der Waals surface area contributed by atoms with Crippen molar-refractivity contribution in [2.45, 2.75) is 38.6 Å². The van der Waals surface area contributed by atoms with Gasteiger partial charge in [0.25, 0.3) is 11.8 Å². The van der Waals surface area contributed by atoms with Crippen LogP contribution < -0.4 is 15.6 Å². The van der Waals surface area contributed by atoms with Gasteiger partial charge in [-0.25, -0.2) is 8.42 Å². The summed E-state index contributed by atoms with van der Waals surface area (Å²) in [5, 5.41) is 0. The molecule has 0 radical (unpaired) electrons. The molecule has 8 nitrogen and oxygen atoms in total. The second-order valence-electron chi connectivity index (χ2n) is 6.69. The summed E-state index contributed by atoms with van der Waals surface area (Å²) in [4.78, 5) is 35.6. The molecule has 0 spiro atoms. The van der Waals surface area contributed by atoms with E-state index in [2.05, 4.69) is 15.6 Å². The van der Waals surface area contributed by atoms with Crippen LogP contribution in [0, 0.1) is 13.8 Å². The molecule has 2 rings (SSSR count). The molecule has 2 aromatic rings. The fourth-order valence-electron chi connectivity index (χ4n) is 2.59. The molecule has 0 fully saturated rings. The first kappa shape index (κ1) is 22.3. The van der Waals surface area contributed by atoms with Gasteiger partial charge in [-0.15, -0.1) is 0 Å². The first-order valence-electron chi connectivity index (χ1n) is 8.82. The third-order valence-corrected chi connectivity index (χ3v) is 5.78. The fourth-order valence-corrected chi connectivity index (χ4v) is 3.79. The lowest BCUT2D eigenvalue weighted by atomic mass is 10.1. The summed E-state index contributed by atoms with van der Waals surface area (Å²) in [6.45, 7) is 6.40. The SMILES string of the molecule is CC(=O)c1ccc(S(=O)(=O)N[C@@H](C)C(=O)NNC(=O)c2ccc(C)cc2C)cc1. The van der Waals surface area contributed by atoms with E-state index in [9.17, 15) is 22.8 Å². The predicted molar refractivity (Wildman–Crippen MR) is 108 cm³/mol. The van der Waals surface area contributed by atoms with Crippen molar-refractivity contribution in [2.24, 2.45) is 0 Å². The normalized spacial score (nSPS) is 12.1. The summed E-state index contributed by atoms with van der Waals surface area (Å²) < 4.78 is 27.0. The zero-order chi connectivity index (χ0) is 21.8. The molecule has 0 aliphatic carbocycles. The van der Waals surface area contributed by atoms with Crippen LogP contribution in [0.2, 0.25) is 0 Å². The molecule has 0 aliphatic rings. The van der Waals surface area contributed by atoms with Gasteiger partial charge in [-0.3, -0.25) is 25.2 Å². The molecule has 0 saturated carbocycles. The molecular weight excluding hydrogens is 394 g/mol. The van der Waals surface area contributed by atoms with Crippen LogP contribution in [0.1, 0.15) is 45.7 Å². The Morgan fingerprint density at radius 2 is 1.55 bits per heavy atom. The topological polar surface area (TPSA) is 121 Å². The van der Waals surface area contributed by atoms with Crippen molar-refractivity contribution in [1.82, 2.24) is 15.6 Å². The van der Waals surface area contributed by atoms with E-state index in [0.29, 0.717) is 11.1 Å². The van der Waals surface area contributed by atoms with Gasteiger partial charge in [0.15, 0.2) is 5.78 Å². The van der Waals surface area contributed by atoms with Gasteiger partial charge in [-0.05, 0) is 51.5 Å². The molecule has 9 heteroatoms. The minimum absolute atomic E-state index is 0.0820. The molecular formula is C20H23N3O5S. The molecule has 3 N–H and O–H groups in total. The van der Waals surface area contributed by atoms with Crippen LogP contribution in [0.15, 0.2) is 47.4 Å². The Bertz CT molecular complexity index is 1050. The van der Waals surface area contributed by atoms with E-state index in [-0.39, 0.29) is 10.7 Å². The number of sulfonamides is 1. The molecule has 29 heavy (non-hydrogen) atoms. The number of amides is 2. The summed E-state index contributed by atoms with van der Waals surface area (Å²) >= 11 is 0. The van der Waals surface area contributed by atoms with Gasteiger partial charge >= 0.3 is 0 Å². The summed E-state index contributed by atoms with van der Waals surface area (Å²) in [6, 6.07) is 9.47. The standard InChI is InChI=1S/C20H23N3O5S/c1-12-5-10-18(13(2)11-12)20(26)22-21-19(25)14(3)23-29(27,28)17-8-6-16(7-9-17)15(4)24/h5-11,14,23H,1-4H3,(H,21,25)(H,22,26)/t14-/m0/s1. The van der Waals surface area contributed by atoms with Gasteiger partial charge in [0, 0.05) is 11.1 Å². The summed E-state index contributed by atoms with van der Waals surface area (Å²) in [7, 11) is -3.98. The minimum Gasteiger partial charge on any atom is -0.295 e. The number of Topliss-reactive ketones (excluding diaryl/α,β-unsaturated/α-hetero) is 1. The van der Waals surface area contributed by atoms with Gasteiger partial charge in [0.1, 0.15) is 0 Å². The van der Waals surface area contributed by atoms with Crippen LogP contribution in [0.5, 0.6) is 0 Å². The van der Waals surface area contributed by atoms with Crippen molar-refractivity contribution in [3.63, 3.8) is 0 Å². The van der Waals surface area contributed by atoms with Crippen molar-refractivity contribution in [3.05, 3.63) is 64.7 Å². The number of benzene rings is 2. The molecule has 0 bridgehead atoms. The number of ketones is 1. The molecule has 2 aromatic carbocycles. The lowest BCUT2D eigenvalue weighted by molar-refractivity contribution is -0.123. The third kappa shape index (κ3) is 5.72. The van der Waals surface area contributed by atoms with Crippen LogP contribution in [-0.2, 0) is 14.8 Å². The molecule has 0 saturated heterocycles. The van der Waals surface area contributed by atoms with E-state index in [1.54, 1.807) is 19.1 Å². The second kappa shape index (κ2) is 8.97. The maximum Gasteiger partial charge on any atom is 0.269 e. The minimum atomic E-state index is -3.98. The molecule has 0 heterocycles. The molecule has 0 aliphatic heterocycles. The molecule has 154 valence electrons. The van der Waals surface area contributed by atoms with Crippen molar-refractivity contribution in [2.75, 3.05) is 0 Å². The maximum absolute atomic E-state index is 12.4. The lowest BCUT2D eigenvalue weighted by Crippen LogP contribution is -2.51. The molecule has 1 atom stereocenters. The zero-order valence-electron chi connectivity index (χ0n) is 16.6. The van der Waals surface area contributed by atoms with Gasteiger partial charge in [-0.2, -0.15) is 4.72 Å². The van der Waals surface area contributed by atoms with Gasteiger partial charge < -0.3 is 0 Å². The van der Waals surface area contributed by atoms with E-state index in [0.717, 1.165) is 11.1 Å². The lowest BCUT2D eigenvalue weighted by Gasteiger charge is -2.15. The van der Waals surface area contributed by atoms with Gasteiger partial charge in [0.2, 0.25) is 10.0 Å². The Hall–Kier alpha value is -3.04. The first-order valence-corrected chi connectivity index (χ1v) is 10.3. The van der Waals surface area contributed by atoms with E-state index in [4.69, 9.17) is 0 Å². The highest BCUT2D eigenvalue weighted by Crippen LogP contribution is 2.12. The van der Waals surface area contributed by atoms with Crippen LogP contribution in [-0.4, -0.2) is 32.1 Å². The highest BCUT2D eigenvalue weighted by molar-refractivity contribution is 7.89. The van der Waals surface area contributed by atoms with Crippen LogP contribution >= 0.6 is 0 Å². The van der Waals surface area contributed by atoms with Crippen molar-refractivity contribution < 1.29 is 22.8 Å².